The van der Waals surface area contributed by atoms with Crippen LogP contribution in [0.4, 0.5) is 0 Å². The van der Waals surface area contributed by atoms with E-state index in [0.717, 1.165) is 5.02 Å². The number of benzene rings is 1. The van der Waals surface area contributed by atoms with Gasteiger partial charge in [0.15, 0.2) is 0 Å². The van der Waals surface area contributed by atoms with Crippen LogP contribution in [0.1, 0.15) is 12.0 Å². The summed E-state index contributed by atoms with van der Waals surface area (Å²) in [6.45, 7) is 0. The topological polar surface area (TPSA) is 0 Å². The maximum Gasteiger partial charge on any atom is 0.100 e. The minimum absolute atomic E-state index is 0.237. The standard InChI is InChI=1S/C9H7ClI2S/c10-6-1-2-8-7(5-6)9(11,12)3-4-13-8/h1-2,5H,3-4H2. The van der Waals surface area contributed by atoms with Gasteiger partial charge in [-0.1, -0.05) is 56.8 Å². The molecule has 0 saturated carbocycles. The normalized spacial score (nSPS) is 19.6. The molecule has 1 heterocycles. The van der Waals surface area contributed by atoms with Gasteiger partial charge in [-0.05, 0) is 30.2 Å². The predicted molar refractivity (Wildman–Crippen MR) is 76.5 cm³/mol. The maximum absolute atomic E-state index is 5.99. The van der Waals surface area contributed by atoms with E-state index in [0.29, 0.717) is 0 Å². The van der Waals surface area contributed by atoms with E-state index < -0.39 is 0 Å². The molecule has 0 unspecified atom stereocenters. The quantitative estimate of drug-likeness (QED) is 0.414. The molecule has 4 heteroatoms. The second-order valence-corrected chi connectivity index (χ2v) is 10.3. The van der Waals surface area contributed by atoms with E-state index in [1.165, 1.54) is 22.6 Å². The average molecular weight is 436 g/mol. The van der Waals surface area contributed by atoms with Gasteiger partial charge in [0.25, 0.3) is 0 Å². The van der Waals surface area contributed by atoms with Crippen molar-refractivity contribution < 1.29 is 0 Å². The average Bonchev–Trinajstić information content (AvgIpc) is 2.06. The van der Waals surface area contributed by atoms with E-state index in [9.17, 15) is 0 Å². The van der Waals surface area contributed by atoms with Crippen molar-refractivity contribution in [3.05, 3.63) is 28.8 Å². The van der Waals surface area contributed by atoms with Crippen LogP contribution in [-0.4, -0.2) is 5.75 Å². The minimum Gasteiger partial charge on any atom is -0.126 e. The largest absolute Gasteiger partial charge is 0.126 e. The lowest BCUT2D eigenvalue weighted by Gasteiger charge is -2.28. The highest BCUT2D eigenvalue weighted by Gasteiger charge is 2.31. The molecular weight excluding hydrogens is 429 g/mol. The van der Waals surface area contributed by atoms with E-state index in [2.05, 4.69) is 57.3 Å². The van der Waals surface area contributed by atoms with Crippen molar-refractivity contribution in [3.63, 3.8) is 0 Å². The van der Waals surface area contributed by atoms with Gasteiger partial charge in [-0.15, -0.1) is 11.8 Å². The van der Waals surface area contributed by atoms with Crippen LogP contribution in [0.2, 0.25) is 5.02 Å². The van der Waals surface area contributed by atoms with Gasteiger partial charge in [-0.2, -0.15) is 0 Å². The second kappa shape index (κ2) is 4.06. The van der Waals surface area contributed by atoms with Crippen molar-refractivity contribution in [2.45, 2.75) is 12.7 Å². The molecule has 0 nitrogen and oxygen atoms in total. The molecule has 0 aliphatic carbocycles. The van der Waals surface area contributed by atoms with Gasteiger partial charge in [-0.3, -0.25) is 0 Å². The Hall–Kier alpha value is 1.32. The van der Waals surface area contributed by atoms with Gasteiger partial charge in [0.2, 0.25) is 0 Å². The van der Waals surface area contributed by atoms with Crippen LogP contribution < -0.4 is 0 Å². The van der Waals surface area contributed by atoms with Crippen LogP contribution in [0, 0.1) is 0 Å². The Morgan fingerprint density at radius 2 is 2.15 bits per heavy atom. The summed E-state index contributed by atoms with van der Waals surface area (Å²) in [7, 11) is 0. The summed E-state index contributed by atoms with van der Waals surface area (Å²) in [6, 6.07) is 6.21. The predicted octanol–water partition coefficient (Wildman–Crippen LogP) is 4.86. The lowest BCUT2D eigenvalue weighted by Crippen LogP contribution is -2.15. The molecule has 0 bridgehead atoms. The Morgan fingerprint density at radius 3 is 2.92 bits per heavy atom. The Labute approximate surface area is 114 Å². The zero-order valence-electron chi connectivity index (χ0n) is 6.69. The molecule has 0 fully saturated rings. The van der Waals surface area contributed by atoms with Gasteiger partial charge in [0.05, 0.1) is 0 Å². The molecule has 0 N–H and O–H groups in total. The van der Waals surface area contributed by atoms with Gasteiger partial charge in [0.1, 0.15) is 1.43 Å². The molecule has 1 aliphatic heterocycles. The maximum atomic E-state index is 5.99. The molecular formula is C9H7ClI2S. The van der Waals surface area contributed by atoms with E-state index >= 15 is 0 Å². The van der Waals surface area contributed by atoms with Crippen LogP contribution in [0.25, 0.3) is 0 Å². The fourth-order valence-corrected chi connectivity index (χ4v) is 5.22. The van der Waals surface area contributed by atoms with Crippen molar-refractivity contribution in [2.24, 2.45) is 0 Å². The third-order valence-electron chi connectivity index (χ3n) is 2.01. The van der Waals surface area contributed by atoms with Crippen LogP contribution in [-0.2, 0) is 1.43 Å². The SMILES string of the molecule is Clc1ccc2c(c1)C(I)(I)CCS2. The molecule has 1 aromatic rings. The fourth-order valence-electron chi connectivity index (χ4n) is 1.34. The summed E-state index contributed by atoms with van der Waals surface area (Å²) < 4.78 is 0.237. The van der Waals surface area contributed by atoms with Crippen LogP contribution in [0.5, 0.6) is 0 Å². The Balaban J connectivity index is 2.55. The summed E-state index contributed by atoms with van der Waals surface area (Å²) in [6.07, 6.45) is 1.21. The number of hydrogen-bond donors (Lipinski definition) is 0. The molecule has 13 heavy (non-hydrogen) atoms. The molecule has 0 aromatic heterocycles. The van der Waals surface area contributed by atoms with Gasteiger partial charge in [-0.25, -0.2) is 0 Å². The summed E-state index contributed by atoms with van der Waals surface area (Å²) in [5.41, 5.74) is 1.39. The monoisotopic (exact) mass is 436 g/mol. The van der Waals surface area contributed by atoms with Crippen LogP contribution in [0.15, 0.2) is 23.1 Å². The van der Waals surface area contributed by atoms with Crippen LogP contribution in [0.3, 0.4) is 0 Å². The molecule has 0 amide bonds. The molecule has 0 radical (unpaired) electrons. The number of alkyl halides is 2. The summed E-state index contributed by atoms with van der Waals surface area (Å²) in [5.74, 6) is 1.21. The van der Waals surface area contributed by atoms with Crippen molar-refractivity contribution in [3.8, 4) is 0 Å². The second-order valence-electron chi connectivity index (χ2n) is 2.94. The van der Waals surface area contributed by atoms with Gasteiger partial charge >= 0.3 is 0 Å². The lowest BCUT2D eigenvalue weighted by molar-refractivity contribution is 0.869. The highest BCUT2D eigenvalue weighted by Crippen LogP contribution is 2.51. The smallest absolute Gasteiger partial charge is 0.100 e. The number of fused-ring (bicyclic) bond motifs is 1. The Morgan fingerprint density at radius 1 is 1.38 bits per heavy atom. The molecule has 0 saturated heterocycles. The highest BCUT2D eigenvalue weighted by molar-refractivity contribution is 14.2. The Kier molecular flexibility index (Phi) is 3.38. The molecule has 0 atom stereocenters. The molecule has 1 aliphatic rings. The first kappa shape index (κ1) is 10.8. The minimum atomic E-state index is 0.237. The number of hydrogen-bond acceptors (Lipinski definition) is 1. The third-order valence-corrected chi connectivity index (χ3v) is 5.56. The van der Waals surface area contributed by atoms with Crippen molar-refractivity contribution in [1.82, 2.24) is 0 Å². The molecule has 1 aromatic carbocycles. The van der Waals surface area contributed by atoms with Crippen LogP contribution >= 0.6 is 68.5 Å². The van der Waals surface area contributed by atoms with Gasteiger partial charge in [0, 0.05) is 15.7 Å². The van der Waals surface area contributed by atoms with E-state index in [4.69, 9.17) is 11.6 Å². The number of halogens is 3. The first-order chi connectivity index (χ1) is 6.09. The summed E-state index contributed by atoms with van der Waals surface area (Å²) in [4.78, 5) is 1.39. The Bertz CT molecular complexity index is 338. The summed E-state index contributed by atoms with van der Waals surface area (Å²) in [5, 5.41) is 0.846. The van der Waals surface area contributed by atoms with E-state index in [1.54, 1.807) is 0 Å². The first-order valence-electron chi connectivity index (χ1n) is 3.90. The number of rotatable bonds is 0. The molecule has 70 valence electrons. The van der Waals surface area contributed by atoms with E-state index in [-0.39, 0.29) is 1.43 Å². The van der Waals surface area contributed by atoms with Crippen molar-refractivity contribution in [2.75, 3.05) is 5.75 Å². The van der Waals surface area contributed by atoms with E-state index in [1.807, 2.05) is 17.8 Å². The van der Waals surface area contributed by atoms with Gasteiger partial charge < -0.3 is 0 Å². The third kappa shape index (κ3) is 2.29. The zero-order chi connectivity index (χ0) is 9.47. The zero-order valence-corrected chi connectivity index (χ0v) is 12.6. The first-order valence-corrected chi connectivity index (χ1v) is 7.42. The summed E-state index contributed by atoms with van der Waals surface area (Å²) >= 11 is 12.9. The lowest BCUT2D eigenvalue weighted by atomic mass is 10.1. The fraction of sp³-hybridized carbons (Fsp3) is 0.333. The number of thioether (sulfide) groups is 1. The van der Waals surface area contributed by atoms with Crippen molar-refractivity contribution >= 4 is 68.5 Å². The molecule has 0 spiro atoms. The highest BCUT2D eigenvalue weighted by atomic mass is 127. The van der Waals surface area contributed by atoms with Crippen molar-refractivity contribution in [1.29, 1.82) is 0 Å². The molecule has 2 rings (SSSR count).